The van der Waals surface area contributed by atoms with Crippen LogP contribution in [0.3, 0.4) is 0 Å². The molecule has 3 rings (SSSR count). The van der Waals surface area contributed by atoms with Gasteiger partial charge in [0.2, 0.25) is 5.91 Å². The van der Waals surface area contributed by atoms with Crippen molar-refractivity contribution in [2.75, 3.05) is 11.9 Å². The fourth-order valence-corrected chi connectivity index (χ4v) is 2.78. The molecule has 6 heteroatoms. The molecular formula is C25H25N3O3. The van der Waals surface area contributed by atoms with Gasteiger partial charge in [0.25, 0.3) is 0 Å². The zero-order valence-electron chi connectivity index (χ0n) is 17.4. The first-order chi connectivity index (χ1) is 15.1. The number of rotatable bonds is 9. The van der Waals surface area contributed by atoms with Gasteiger partial charge in [0, 0.05) is 12.1 Å². The first-order valence-corrected chi connectivity index (χ1v) is 10.0. The van der Waals surface area contributed by atoms with Crippen molar-refractivity contribution in [2.24, 2.45) is 10.2 Å². The van der Waals surface area contributed by atoms with Crippen molar-refractivity contribution >= 4 is 24.0 Å². The maximum Gasteiger partial charge on any atom is 0.224 e. The number of nitrogens with zero attached hydrogens (tertiary/aromatic N) is 2. The van der Waals surface area contributed by atoms with E-state index in [1.807, 2.05) is 55.5 Å². The van der Waals surface area contributed by atoms with Gasteiger partial charge < -0.3 is 15.2 Å². The number of phenols is 1. The van der Waals surface area contributed by atoms with E-state index >= 15 is 0 Å². The van der Waals surface area contributed by atoms with Gasteiger partial charge in [-0.05, 0) is 90.7 Å². The van der Waals surface area contributed by atoms with Crippen LogP contribution in [-0.2, 0) is 4.79 Å². The number of hydrogen-bond acceptors (Lipinski definition) is 5. The molecule has 0 aromatic heterocycles. The Morgan fingerprint density at radius 2 is 1.61 bits per heavy atom. The number of benzene rings is 3. The summed E-state index contributed by atoms with van der Waals surface area (Å²) in [5.74, 6) is 0.936. The van der Waals surface area contributed by atoms with Crippen molar-refractivity contribution in [1.82, 2.24) is 0 Å². The molecule has 0 radical (unpaired) electrons. The number of amides is 1. The van der Waals surface area contributed by atoms with Gasteiger partial charge >= 0.3 is 0 Å². The number of carbonyl (C=O) groups excluding carboxylic acids is 1. The number of nitrogens with one attached hydrogen (secondary N) is 1. The highest BCUT2D eigenvalue weighted by Gasteiger charge is 2.03. The van der Waals surface area contributed by atoms with Crippen LogP contribution in [-0.4, -0.2) is 30.0 Å². The largest absolute Gasteiger partial charge is 0.508 e. The number of carbonyl (C=O) groups is 1. The highest BCUT2D eigenvalue weighted by molar-refractivity contribution is 5.90. The topological polar surface area (TPSA) is 83.3 Å². The van der Waals surface area contributed by atoms with E-state index in [-0.39, 0.29) is 11.7 Å². The maximum absolute atomic E-state index is 12.0. The Kier molecular flexibility index (Phi) is 7.94. The van der Waals surface area contributed by atoms with Crippen LogP contribution in [0.2, 0.25) is 0 Å². The number of phenolic OH excluding ortho intramolecular Hbond substituents is 1. The van der Waals surface area contributed by atoms with Crippen LogP contribution in [0, 0.1) is 6.92 Å². The summed E-state index contributed by atoms with van der Waals surface area (Å²) in [6, 6.07) is 21.9. The second-order valence-corrected chi connectivity index (χ2v) is 7.02. The summed E-state index contributed by atoms with van der Waals surface area (Å²) in [4.78, 5) is 12.0. The Morgan fingerprint density at radius 3 is 2.26 bits per heavy atom. The number of hydrogen-bond donors (Lipinski definition) is 2. The van der Waals surface area contributed by atoms with Crippen LogP contribution in [0.5, 0.6) is 11.5 Å². The Morgan fingerprint density at radius 1 is 0.968 bits per heavy atom. The molecule has 2 N–H and O–H groups in total. The summed E-state index contributed by atoms with van der Waals surface area (Å²) in [6.45, 7) is 2.46. The van der Waals surface area contributed by atoms with E-state index in [2.05, 4.69) is 15.5 Å². The molecule has 0 fully saturated rings. The van der Waals surface area contributed by atoms with Crippen molar-refractivity contribution in [2.45, 2.75) is 19.8 Å². The molecule has 0 heterocycles. The third-order valence-electron chi connectivity index (χ3n) is 4.37. The first-order valence-electron chi connectivity index (χ1n) is 10.0. The highest BCUT2D eigenvalue weighted by Crippen LogP contribution is 2.13. The Bertz CT molecular complexity index is 1040. The van der Waals surface area contributed by atoms with Crippen LogP contribution in [0.4, 0.5) is 5.69 Å². The van der Waals surface area contributed by atoms with Gasteiger partial charge in [-0.25, -0.2) is 0 Å². The molecule has 0 spiro atoms. The number of aromatic hydroxyl groups is 1. The van der Waals surface area contributed by atoms with Gasteiger partial charge in [0.1, 0.15) is 11.5 Å². The standard InChI is InChI=1S/C25H25N3O3/c1-19-4-2-5-22(16-19)28-25(30)6-3-15-31-24-13-9-21(10-14-24)18-27-26-17-20-7-11-23(29)12-8-20/h2,4-5,7-14,16-18,29H,3,6,15H2,1H3,(H,28,30). The minimum absolute atomic E-state index is 0.0198. The molecule has 3 aromatic rings. The molecule has 31 heavy (non-hydrogen) atoms. The summed E-state index contributed by atoms with van der Waals surface area (Å²) >= 11 is 0. The van der Waals surface area contributed by atoms with Crippen molar-refractivity contribution in [3.63, 3.8) is 0 Å². The number of aryl methyl sites for hydroxylation is 1. The molecule has 0 saturated carbocycles. The lowest BCUT2D eigenvalue weighted by Gasteiger charge is -2.08. The zero-order chi connectivity index (χ0) is 21.9. The molecule has 0 unspecified atom stereocenters. The van der Waals surface area contributed by atoms with Crippen LogP contribution < -0.4 is 10.1 Å². The molecule has 0 bridgehead atoms. The molecule has 0 aliphatic carbocycles. The lowest BCUT2D eigenvalue weighted by atomic mass is 10.2. The molecule has 3 aromatic carbocycles. The quantitative estimate of drug-likeness (QED) is 0.295. The molecule has 0 atom stereocenters. The van der Waals surface area contributed by atoms with E-state index < -0.39 is 0 Å². The molecule has 0 aliphatic rings. The minimum Gasteiger partial charge on any atom is -0.508 e. The summed E-state index contributed by atoms with van der Waals surface area (Å²) in [6.07, 6.45) is 4.30. The van der Waals surface area contributed by atoms with Crippen molar-refractivity contribution in [1.29, 1.82) is 0 Å². The van der Waals surface area contributed by atoms with Crippen molar-refractivity contribution in [3.05, 3.63) is 89.5 Å². The monoisotopic (exact) mass is 415 g/mol. The van der Waals surface area contributed by atoms with Gasteiger partial charge in [-0.1, -0.05) is 12.1 Å². The fourth-order valence-electron chi connectivity index (χ4n) is 2.78. The van der Waals surface area contributed by atoms with Gasteiger partial charge in [-0.2, -0.15) is 10.2 Å². The summed E-state index contributed by atoms with van der Waals surface area (Å²) in [5.41, 5.74) is 3.67. The average molecular weight is 415 g/mol. The maximum atomic E-state index is 12.0. The Balaban J connectivity index is 1.37. The molecule has 0 aliphatic heterocycles. The normalized spacial score (nSPS) is 11.1. The fraction of sp³-hybridized carbons (Fsp3) is 0.160. The van der Waals surface area contributed by atoms with Crippen molar-refractivity contribution in [3.8, 4) is 11.5 Å². The highest BCUT2D eigenvalue weighted by atomic mass is 16.5. The van der Waals surface area contributed by atoms with E-state index in [0.29, 0.717) is 19.4 Å². The van der Waals surface area contributed by atoms with Crippen molar-refractivity contribution < 1.29 is 14.6 Å². The zero-order valence-corrected chi connectivity index (χ0v) is 17.4. The van der Waals surface area contributed by atoms with E-state index in [1.54, 1.807) is 36.7 Å². The predicted octanol–water partition coefficient (Wildman–Crippen LogP) is 4.95. The smallest absolute Gasteiger partial charge is 0.224 e. The third-order valence-corrected chi connectivity index (χ3v) is 4.37. The first kappa shape index (κ1) is 21.8. The molecule has 158 valence electrons. The lowest BCUT2D eigenvalue weighted by Crippen LogP contribution is -2.12. The van der Waals surface area contributed by atoms with Gasteiger partial charge in [0.15, 0.2) is 0 Å². The van der Waals surface area contributed by atoms with Gasteiger partial charge in [-0.15, -0.1) is 0 Å². The Labute approximate surface area is 181 Å². The second kappa shape index (κ2) is 11.3. The summed E-state index contributed by atoms with van der Waals surface area (Å²) in [7, 11) is 0. The van der Waals surface area contributed by atoms with E-state index in [4.69, 9.17) is 4.74 Å². The van der Waals surface area contributed by atoms with Gasteiger partial charge in [0.05, 0.1) is 19.0 Å². The molecular weight excluding hydrogens is 390 g/mol. The molecule has 0 saturated heterocycles. The third kappa shape index (κ3) is 7.78. The predicted molar refractivity (Wildman–Crippen MR) is 124 cm³/mol. The second-order valence-electron chi connectivity index (χ2n) is 7.02. The average Bonchev–Trinajstić information content (AvgIpc) is 2.76. The SMILES string of the molecule is Cc1cccc(NC(=O)CCCOc2ccc(C=NN=Cc3ccc(O)cc3)cc2)c1. The van der Waals surface area contributed by atoms with E-state index in [9.17, 15) is 9.90 Å². The number of ether oxygens (including phenoxy) is 1. The van der Waals surface area contributed by atoms with Crippen LogP contribution in [0.25, 0.3) is 0 Å². The molecule has 6 nitrogen and oxygen atoms in total. The summed E-state index contributed by atoms with van der Waals surface area (Å²) < 4.78 is 5.70. The summed E-state index contributed by atoms with van der Waals surface area (Å²) in [5, 5.41) is 20.2. The Hall–Kier alpha value is -3.93. The van der Waals surface area contributed by atoms with Gasteiger partial charge in [-0.3, -0.25) is 4.79 Å². The van der Waals surface area contributed by atoms with Crippen LogP contribution in [0.15, 0.2) is 83.0 Å². The van der Waals surface area contributed by atoms with Crippen LogP contribution in [0.1, 0.15) is 29.5 Å². The molecule has 1 amide bonds. The number of anilines is 1. The van der Waals surface area contributed by atoms with Crippen LogP contribution >= 0.6 is 0 Å². The lowest BCUT2D eigenvalue weighted by molar-refractivity contribution is -0.116. The van der Waals surface area contributed by atoms with E-state index in [1.165, 1.54) is 0 Å². The van der Waals surface area contributed by atoms with E-state index in [0.717, 1.165) is 28.1 Å². The minimum atomic E-state index is -0.0198.